The average molecular weight is 304 g/mol. The smallest absolute Gasteiger partial charge is 0.131 e. The van der Waals surface area contributed by atoms with Gasteiger partial charge >= 0.3 is 0 Å². The Morgan fingerprint density at radius 1 is 0.696 bits per heavy atom. The minimum Gasteiger partial charge on any atom is -0.206 e. The van der Waals surface area contributed by atoms with Gasteiger partial charge in [-0.05, 0) is 41.2 Å². The first kappa shape index (κ1) is 15.5. The molecule has 0 saturated carbocycles. The summed E-state index contributed by atoms with van der Waals surface area (Å²) >= 11 is 0. The van der Waals surface area contributed by atoms with E-state index in [0.717, 1.165) is 16.7 Å². The predicted octanol–water partition coefficient (Wildman–Crippen LogP) is 6.59. The van der Waals surface area contributed by atoms with Gasteiger partial charge in [-0.15, -0.1) is 0 Å². The molecule has 0 aromatic heterocycles. The van der Waals surface area contributed by atoms with Crippen molar-refractivity contribution in [3.63, 3.8) is 0 Å². The lowest BCUT2D eigenvalue weighted by molar-refractivity contribution is 0.632. The Hall–Kier alpha value is -2.41. The molecule has 0 saturated heterocycles. The van der Waals surface area contributed by atoms with Gasteiger partial charge in [0, 0.05) is 5.56 Å². The van der Waals surface area contributed by atoms with Crippen molar-refractivity contribution in [1.82, 2.24) is 0 Å². The highest BCUT2D eigenvalue weighted by atomic mass is 19.1. The second-order valence-electron chi connectivity index (χ2n) is 6.34. The lowest BCUT2D eigenvalue weighted by Gasteiger charge is -2.09. The summed E-state index contributed by atoms with van der Waals surface area (Å²) in [6.07, 6.45) is 0. The number of aryl methyl sites for hydroxylation is 1. The van der Waals surface area contributed by atoms with Gasteiger partial charge in [-0.25, -0.2) is 4.39 Å². The predicted molar refractivity (Wildman–Crippen MR) is 96.1 cm³/mol. The SMILES string of the molecule is Cc1ccc(-c2ccc(-c3ccc(C(C)C)cc3)cc2F)cc1. The number of hydrogen-bond donors (Lipinski definition) is 0. The summed E-state index contributed by atoms with van der Waals surface area (Å²) in [4.78, 5) is 0. The van der Waals surface area contributed by atoms with Crippen molar-refractivity contribution in [1.29, 1.82) is 0 Å². The average Bonchev–Trinajstić information content (AvgIpc) is 2.56. The third kappa shape index (κ3) is 3.34. The fourth-order valence-corrected chi connectivity index (χ4v) is 2.72. The molecule has 3 aromatic rings. The van der Waals surface area contributed by atoms with Crippen LogP contribution in [0, 0.1) is 12.7 Å². The van der Waals surface area contributed by atoms with Crippen LogP contribution in [0.5, 0.6) is 0 Å². The van der Waals surface area contributed by atoms with E-state index in [1.54, 1.807) is 6.07 Å². The topological polar surface area (TPSA) is 0 Å². The van der Waals surface area contributed by atoms with Gasteiger partial charge < -0.3 is 0 Å². The van der Waals surface area contributed by atoms with Crippen molar-refractivity contribution in [2.24, 2.45) is 0 Å². The molecule has 0 amide bonds. The van der Waals surface area contributed by atoms with Crippen LogP contribution >= 0.6 is 0 Å². The van der Waals surface area contributed by atoms with Gasteiger partial charge in [-0.3, -0.25) is 0 Å². The normalized spacial score (nSPS) is 11.0. The molecule has 0 atom stereocenters. The van der Waals surface area contributed by atoms with E-state index in [1.807, 2.05) is 43.3 Å². The lowest BCUT2D eigenvalue weighted by atomic mass is 9.96. The van der Waals surface area contributed by atoms with Crippen LogP contribution in [0.25, 0.3) is 22.3 Å². The number of rotatable bonds is 3. The second-order valence-corrected chi connectivity index (χ2v) is 6.34. The highest BCUT2D eigenvalue weighted by Gasteiger charge is 2.08. The number of hydrogen-bond acceptors (Lipinski definition) is 0. The van der Waals surface area contributed by atoms with Gasteiger partial charge in [0.1, 0.15) is 5.82 Å². The first-order valence-electron chi connectivity index (χ1n) is 8.01. The largest absolute Gasteiger partial charge is 0.206 e. The van der Waals surface area contributed by atoms with E-state index in [1.165, 1.54) is 11.1 Å². The van der Waals surface area contributed by atoms with E-state index < -0.39 is 0 Å². The molecule has 0 aliphatic carbocycles. The molecule has 0 heterocycles. The van der Waals surface area contributed by atoms with Crippen LogP contribution in [0.3, 0.4) is 0 Å². The summed E-state index contributed by atoms with van der Waals surface area (Å²) in [5.74, 6) is 0.323. The zero-order valence-electron chi connectivity index (χ0n) is 13.8. The first-order valence-corrected chi connectivity index (χ1v) is 8.01. The maximum atomic E-state index is 14.5. The monoisotopic (exact) mass is 304 g/mol. The van der Waals surface area contributed by atoms with Crippen LogP contribution in [0.1, 0.15) is 30.9 Å². The first-order chi connectivity index (χ1) is 11.0. The van der Waals surface area contributed by atoms with Crippen molar-refractivity contribution in [2.75, 3.05) is 0 Å². The molecule has 0 aliphatic rings. The fourth-order valence-electron chi connectivity index (χ4n) is 2.72. The summed E-state index contributed by atoms with van der Waals surface area (Å²) in [6, 6.07) is 21.8. The molecule has 0 N–H and O–H groups in total. The minimum atomic E-state index is -0.181. The highest BCUT2D eigenvalue weighted by molar-refractivity contribution is 5.71. The fraction of sp³-hybridized carbons (Fsp3) is 0.182. The number of benzene rings is 3. The Bertz CT molecular complexity index is 796. The molecule has 3 rings (SSSR count). The van der Waals surface area contributed by atoms with Crippen LogP contribution in [0.4, 0.5) is 4.39 Å². The molecule has 116 valence electrons. The second kappa shape index (κ2) is 6.37. The van der Waals surface area contributed by atoms with Crippen LogP contribution < -0.4 is 0 Å². The van der Waals surface area contributed by atoms with Gasteiger partial charge in [0.2, 0.25) is 0 Å². The minimum absolute atomic E-state index is 0.181. The zero-order valence-corrected chi connectivity index (χ0v) is 13.8. The number of halogens is 1. The molecular weight excluding hydrogens is 283 g/mol. The molecule has 0 spiro atoms. The summed E-state index contributed by atoms with van der Waals surface area (Å²) in [5, 5.41) is 0. The van der Waals surface area contributed by atoms with Crippen LogP contribution in [-0.2, 0) is 0 Å². The van der Waals surface area contributed by atoms with Crippen molar-refractivity contribution < 1.29 is 4.39 Å². The molecule has 0 radical (unpaired) electrons. The molecule has 0 aliphatic heterocycles. The summed E-state index contributed by atoms with van der Waals surface area (Å²) in [6.45, 7) is 6.38. The molecule has 0 bridgehead atoms. The van der Waals surface area contributed by atoms with Crippen LogP contribution in [0.15, 0.2) is 66.7 Å². The lowest BCUT2D eigenvalue weighted by Crippen LogP contribution is -1.89. The third-order valence-corrected chi connectivity index (χ3v) is 4.24. The van der Waals surface area contributed by atoms with Crippen molar-refractivity contribution in [3.8, 4) is 22.3 Å². The maximum Gasteiger partial charge on any atom is 0.131 e. The quantitative estimate of drug-likeness (QED) is 0.512. The van der Waals surface area contributed by atoms with E-state index in [4.69, 9.17) is 0 Å². The Morgan fingerprint density at radius 2 is 1.26 bits per heavy atom. The summed E-state index contributed by atoms with van der Waals surface area (Å²) < 4.78 is 14.5. The van der Waals surface area contributed by atoms with Gasteiger partial charge in [0.25, 0.3) is 0 Å². The van der Waals surface area contributed by atoms with E-state index in [-0.39, 0.29) is 5.82 Å². The van der Waals surface area contributed by atoms with Gasteiger partial charge in [0.05, 0.1) is 0 Å². The molecular formula is C22H21F. The van der Waals surface area contributed by atoms with Crippen molar-refractivity contribution >= 4 is 0 Å². The zero-order chi connectivity index (χ0) is 16.4. The van der Waals surface area contributed by atoms with E-state index in [0.29, 0.717) is 11.5 Å². The Morgan fingerprint density at radius 3 is 1.83 bits per heavy atom. The molecule has 0 unspecified atom stereocenters. The maximum absolute atomic E-state index is 14.5. The molecule has 1 heteroatoms. The van der Waals surface area contributed by atoms with Crippen molar-refractivity contribution in [3.05, 3.63) is 83.7 Å². The van der Waals surface area contributed by atoms with E-state index in [2.05, 4.69) is 38.1 Å². The molecule has 0 fully saturated rings. The standard InChI is InChI=1S/C22H21F/c1-15(2)17-8-10-18(11-9-17)20-12-13-21(22(23)14-20)19-6-4-16(3)5-7-19/h4-15H,1-3H3. The van der Waals surface area contributed by atoms with E-state index in [9.17, 15) is 4.39 Å². The summed E-state index contributed by atoms with van der Waals surface area (Å²) in [5.41, 5.74) is 5.99. The summed E-state index contributed by atoms with van der Waals surface area (Å²) in [7, 11) is 0. The van der Waals surface area contributed by atoms with Gasteiger partial charge in [-0.1, -0.05) is 80.1 Å². The van der Waals surface area contributed by atoms with Crippen molar-refractivity contribution in [2.45, 2.75) is 26.7 Å². The van der Waals surface area contributed by atoms with E-state index >= 15 is 0 Å². The Balaban J connectivity index is 1.94. The van der Waals surface area contributed by atoms with Crippen LogP contribution in [0.2, 0.25) is 0 Å². The highest BCUT2D eigenvalue weighted by Crippen LogP contribution is 2.29. The Kier molecular flexibility index (Phi) is 4.29. The third-order valence-electron chi connectivity index (χ3n) is 4.24. The van der Waals surface area contributed by atoms with Gasteiger partial charge in [0.15, 0.2) is 0 Å². The molecule has 23 heavy (non-hydrogen) atoms. The van der Waals surface area contributed by atoms with Crippen LogP contribution in [-0.4, -0.2) is 0 Å². The molecule has 3 aromatic carbocycles. The molecule has 0 nitrogen and oxygen atoms in total. The Labute approximate surface area is 137 Å². The van der Waals surface area contributed by atoms with Gasteiger partial charge in [-0.2, -0.15) is 0 Å².